The number of ether oxygens (including phenoxy) is 1. The number of nitrogens with zero attached hydrogens (tertiary/aromatic N) is 1. The second-order valence-electron chi connectivity index (χ2n) is 4.52. The lowest BCUT2D eigenvalue weighted by molar-refractivity contribution is -0.143. The molecule has 1 aromatic heterocycles. The molecule has 1 atom stereocenters. The Morgan fingerprint density at radius 1 is 1.37 bits per heavy atom. The summed E-state index contributed by atoms with van der Waals surface area (Å²) in [6.45, 7) is 6.46. The van der Waals surface area contributed by atoms with Gasteiger partial charge in [-0.15, -0.1) is 0 Å². The van der Waals surface area contributed by atoms with Crippen molar-refractivity contribution in [2.45, 2.75) is 38.6 Å². The molecule has 19 heavy (non-hydrogen) atoms. The van der Waals surface area contributed by atoms with Crippen LogP contribution in [0.5, 0.6) is 0 Å². The minimum absolute atomic E-state index is 0.0398. The van der Waals surface area contributed by atoms with Crippen LogP contribution in [0.2, 0.25) is 0 Å². The number of hydrogen-bond donors (Lipinski definition) is 1. The first-order chi connectivity index (χ1) is 8.70. The zero-order chi connectivity index (χ0) is 14.8. The Labute approximate surface area is 112 Å². The van der Waals surface area contributed by atoms with Crippen molar-refractivity contribution in [1.82, 2.24) is 9.88 Å². The van der Waals surface area contributed by atoms with Crippen LogP contribution >= 0.6 is 0 Å². The highest BCUT2D eigenvalue weighted by Crippen LogP contribution is 2.20. The van der Waals surface area contributed by atoms with Crippen molar-refractivity contribution < 1.29 is 22.5 Å². The second kappa shape index (κ2) is 5.70. The third-order valence-electron chi connectivity index (χ3n) is 2.64. The topological polar surface area (TPSA) is 98.5 Å². The summed E-state index contributed by atoms with van der Waals surface area (Å²) < 4.78 is 36.2. The van der Waals surface area contributed by atoms with Gasteiger partial charge in [0.15, 0.2) is 5.76 Å². The number of aromatic nitrogens is 1. The van der Waals surface area contributed by atoms with Crippen LogP contribution < -0.4 is 4.72 Å². The molecule has 0 amide bonds. The van der Waals surface area contributed by atoms with Crippen molar-refractivity contribution in [3.63, 3.8) is 0 Å². The van der Waals surface area contributed by atoms with Crippen LogP contribution in [0, 0.1) is 19.8 Å². The molecule has 0 bridgehead atoms. The van der Waals surface area contributed by atoms with E-state index >= 15 is 0 Å². The van der Waals surface area contributed by atoms with Crippen molar-refractivity contribution in [2.75, 3.05) is 7.11 Å². The normalized spacial score (nSPS) is 13.6. The number of aryl methyl sites for hydroxylation is 2. The number of esters is 1. The maximum absolute atomic E-state index is 12.3. The minimum Gasteiger partial charge on any atom is -0.468 e. The summed E-state index contributed by atoms with van der Waals surface area (Å²) in [5.41, 5.74) is 0.248. The molecule has 1 N–H and O–H groups in total. The number of carbonyl (C=O) groups is 1. The fourth-order valence-corrected chi connectivity index (χ4v) is 3.33. The van der Waals surface area contributed by atoms with E-state index in [1.165, 1.54) is 21.0 Å². The SMILES string of the molecule is COC(=O)C(NS(=O)(=O)c1c(C)noc1C)C(C)C. The highest BCUT2D eigenvalue weighted by atomic mass is 32.2. The van der Waals surface area contributed by atoms with E-state index in [0.717, 1.165) is 0 Å². The van der Waals surface area contributed by atoms with Crippen molar-refractivity contribution >= 4 is 16.0 Å². The molecule has 0 aliphatic rings. The van der Waals surface area contributed by atoms with Gasteiger partial charge in [-0.25, -0.2) is 8.42 Å². The van der Waals surface area contributed by atoms with Crippen LogP contribution in [-0.2, 0) is 19.6 Å². The minimum atomic E-state index is -3.88. The summed E-state index contributed by atoms with van der Waals surface area (Å²) in [6.07, 6.45) is 0. The molecular weight excluding hydrogens is 272 g/mol. The third kappa shape index (κ3) is 3.32. The van der Waals surface area contributed by atoms with Crippen molar-refractivity contribution in [1.29, 1.82) is 0 Å². The summed E-state index contributed by atoms with van der Waals surface area (Å²) >= 11 is 0. The number of sulfonamides is 1. The van der Waals surface area contributed by atoms with Gasteiger partial charge in [0.25, 0.3) is 0 Å². The highest BCUT2D eigenvalue weighted by Gasteiger charge is 2.32. The van der Waals surface area contributed by atoms with Crippen LogP contribution in [0.15, 0.2) is 9.42 Å². The first kappa shape index (κ1) is 15.6. The Hall–Kier alpha value is -1.41. The molecule has 7 nitrogen and oxygen atoms in total. The van der Waals surface area contributed by atoms with E-state index in [4.69, 9.17) is 4.52 Å². The number of methoxy groups -OCH3 is 1. The predicted molar refractivity (Wildman–Crippen MR) is 66.9 cm³/mol. The van der Waals surface area contributed by atoms with Crippen molar-refractivity contribution in [2.24, 2.45) is 5.92 Å². The molecule has 0 radical (unpaired) electrons. The zero-order valence-electron chi connectivity index (χ0n) is 11.6. The fourth-order valence-electron chi connectivity index (χ4n) is 1.67. The van der Waals surface area contributed by atoms with E-state index in [1.807, 2.05) is 0 Å². The largest absolute Gasteiger partial charge is 0.468 e. The smallest absolute Gasteiger partial charge is 0.324 e. The van der Waals surface area contributed by atoms with Gasteiger partial charge < -0.3 is 9.26 Å². The Bertz CT molecular complexity index is 542. The first-order valence-electron chi connectivity index (χ1n) is 5.73. The molecule has 8 heteroatoms. The zero-order valence-corrected chi connectivity index (χ0v) is 12.4. The summed E-state index contributed by atoms with van der Waals surface area (Å²) in [4.78, 5) is 11.5. The summed E-state index contributed by atoms with van der Waals surface area (Å²) in [6, 6.07) is -0.955. The molecule has 0 fully saturated rings. The van der Waals surface area contributed by atoms with Crippen LogP contribution in [0.4, 0.5) is 0 Å². The summed E-state index contributed by atoms with van der Waals surface area (Å²) in [7, 11) is -2.67. The standard InChI is InChI=1S/C11H18N2O5S/c1-6(2)9(11(14)17-5)13-19(15,16)10-7(3)12-18-8(10)4/h6,9,13H,1-5H3. The molecule has 0 aromatic carbocycles. The number of nitrogens with one attached hydrogen (secondary N) is 1. The van der Waals surface area contributed by atoms with E-state index in [2.05, 4.69) is 14.6 Å². The van der Waals surface area contributed by atoms with E-state index in [1.54, 1.807) is 13.8 Å². The second-order valence-corrected chi connectivity index (χ2v) is 6.17. The molecule has 0 saturated carbocycles. The van der Waals surface area contributed by atoms with Gasteiger partial charge in [-0.05, 0) is 19.8 Å². The summed E-state index contributed by atoms with van der Waals surface area (Å²) in [5, 5.41) is 3.59. The van der Waals surface area contributed by atoms with Gasteiger partial charge in [-0.3, -0.25) is 4.79 Å². The van der Waals surface area contributed by atoms with Crippen molar-refractivity contribution in [3.05, 3.63) is 11.5 Å². The number of rotatable bonds is 5. The van der Waals surface area contributed by atoms with Crippen LogP contribution in [0.25, 0.3) is 0 Å². The van der Waals surface area contributed by atoms with Gasteiger partial charge >= 0.3 is 5.97 Å². The molecule has 0 saturated heterocycles. The lowest BCUT2D eigenvalue weighted by atomic mass is 10.1. The molecule has 1 aromatic rings. The highest BCUT2D eigenvalue weighted by molar-refractivity contribution is 7.89. The average Bonchev–Trinajstić information content (AvgIpc) is 2.65. The van der Waals surface area contributed by atoms with E-state index in [-0.39, 0.29) is 22.3 Å². The quantitative estimate of drug-likeness (QED) is 0.804. The van der Waals surface area contributed by atoms with Gasteiger partial charge in [-0.2, -0.15) is 4.72 Å². The molecular formula is C11H18N2O5S. The lowest BCUT2D eigenvalue weighted by Gasteiger charge is -2.19. The molecule has 1 heterocycles. The van der Waals surface area contributed by atoms with Crippen molar-refractivity contribution in [3.8, 4) is 0 Å². The van der Waals surface area contributed by atoms with E-state index < -0.39 is 22.0 Å². The molecule has 0 spiro atoms. The predicted octanol–water partition coefficient (Wildman–Crippen LogP) is 0.767. The van der Waals surface area contributed by atoms with Gasteiger partial charge in [0.05, 0.1) is 7.11 Å². The Morgan fingerprint density at radius 3 is 2.32 bits per heavy atom. The van der Waals surface area contributed by atoms with Crippen LogP contribution in [-0.4, -0.2) is 32.7 Å². The maximum Gasteiger partial charge on any atom is 0.324 e. The monoisotopic (exact) mass is 290 g/mol. The molecule has 1 rings (SSSR count). The number of carbonyl (C=O) groups excluding carboxylic acids is 1. The van der Waals surface area contributed by atoms with Gasteiger partial charge in [-0.1, -0.05) is 19.0 Å². The fraction of sp³-hybridized carbons (Fsp3) is 0.636. The Kier molecular flexibility index (Phi) is 4.70. The Balaban J connectivity index is 3.12. The van der Waals surface area contributed by atoms with Gasteiger partial charge in [0, 0.05) is 0 Å². The van der Waals surface area contributed by atoms with Crippen LogP contribution in [0.3, 0.4) is 0 Å². The van der Waals surface area contributed by atoms with E-state index in [9.17, 15) is 13.2 Å². The number of hydrogen-bond acceptors (Lipinski definition) is 6. The average molecular weight is 290 g/mol. The molecule has 0 aliphatic carbocycles. The lowest BCUT2D eigenvalue weighted by Crippen LogP contribution is -2.45. The molecule has 1 unspecified atom stereocenters. The maximum atomic E-state index is 12.3. The third-order valence-corrected chi connectivity index (χ3v) is 4.33. The van der Waals surface area contributed by atoms with Gasteiger partial charge in [0.1, 0.15) is 16.6 Å². The first-order valence-corrected chi connectivity index (χ1v) is 7.22. The molecule has 0 aliphatic heterocycles. The van der Waals surface area contributed by atoms with E-state index in [0.29, 0.717) is 0 Å². The van der Waals surface area contributed by atoms with Crippen LogP contribution in [0.1, 0.15) is 25.3 Å². The molecule has 108 valence electrons. The summed E-state index contributed by atoms with van der Waals surface area (Å²) in [5.74, 6) is -0.703. The van der Waals surface area contributed by atoms with Gasteiger partial charge in [0.2, 0.25) is 10.0 Å². The Morgan fingerprint density at radius 2 is 1.95 bits per heavy atom.